The molecule has 1 N–H and O–H groups in total. The van der Waals surface area contributed by atoms with Gasteiger partial charge in [0.25, 0.3) is 0 Å². The molecule has 1 fully saturated rings. The van der Waals surface area contributed by atoms with E-state index in [9.17, 15) is 5.21 Å². The Bertz CT molecular complexity index is 590. The second-order valence-electron chi connectivity index (χ2n) is 5.08. The number of para-hydroxylation sites is 1. The van der Waals surface area contributed by atoms with E-state index in [4.69, 9.17) is 0 Å². The molecular formula is C14H18N4O. The van der Waals surface area contributed by atoms with E-state index in [1.165, 1.54) is 12.8 Å². The van der Waals surface area contributed by atoms with Crippen molar-refractivity contribution in [3.8, 4) is 0 Å². The molecule has 5 nitrogen and oxygen atoms in total. The molecule has 1 atom stereocenters. The average Bonchev–Trinajstić information content (AvgIpc) is 2.83. The van der Waals surface area contributed by atoms with Gasteiger partial charge in [0.05, 0.1) is 17.3 Å². The number of fused-ring (bicyclic) bond motifs is 1. The minimum atomic E-state index is 0.0395. The Hall–Kier alpha value is -1.91. The molecule has 1 unspecified atom stereocenters. The summed E-state index contributed by atoms with van der Waals surface area (Å²) < 4.78 is 1.91. The highest BCUT2D eigenvalue weighted by molar-refractivity contribution is 5.89. The lowest BCUT2D eigenvalue weighted by molar-refractivity contribution is 0.309. The molecule has 2 aromatic rings. The first-order chi connectivity index (χ1) is 9.40. The van der Waals surface area contributed by atoms with Gasteiger partial charge in [-0.2, -0.15) is 0 Å². The molecule has 1 aromatic carbocycles. The zero-order chi connectivity index (χ0) is 13.1. The third-order valence-corrected chi connectivity index (χ3v) is 3.85. The fourth-order valence-corrected chi connectivity index (χ4v) is 2.83. The molecule has 0 spiro atoms. The van der Waals surface area contributed by atoms with Crippen LogP contribution in [0.4, 0.5) is 0 Å². The van der Waals surface area contributed by atoms with E-state index in [1.54, 1.807) is 0 Å². The van der Waals surface area contributed by atoms with Crippen molar-refractivity contribution < 1.29 is 5.21 Å². The Kier molecular flexibility index (Phi) is 3.44. The summed E-state index contributed by atoms with van der Waals surface area (Å²) in [7, 11) is 0. The first-order valence-corrected chi connectivity index (χ1v) is 6.91. The fourth-order valence-electron chi connectivity index (χ4n) is 2.83. The van der Waals surface area contributed by atoms with Crippen LogP contribution in [0.1, 0.15) is 44.6 Å². The summed E-state index contributed by atoms with van der Waals surface area (Å²) in [4.78, 5) is 0. The second-order valence-corrected chi connectivity index (χ2v) is 5.08. The van der Waals surface area contributed by atoms with Crippen LogP contribution in [0.5, 0.6) is 0 Å². The van der Waals surface area contributed by atoms with Crippen LogP contribution < -0.4 is 0 Å². The summed E-state index contributed by atoms with van der Waals surface area (Å²) in [5.41, 5.74) is 2.73. The summed E-state index contributed by atoms with van der Waals surface area (Å²) in [5.74, 6) is 0. The van der Waals surface area contributed by atoms with Crippen LogP contribution >= 0.6 is 0 Å². The highest BCUT2D eigenvalue weighted by Gasteiger charge is 2.23. The number of aromatic nitrogens is 3. The third kappa shape index (κ3) is 2.32. The summed E-state index contributed by atoms with van der Waals surface area (Å²) in [6.07, 6.45) is 6.48. The molecular weight excluding hydrogens is 240 g/mol. The minimum Gasteiger partial charge on any atom is -0.411 e. The number of hydrogen-bond acceptors (Lipinski definition) is 4. The van der Waals surface area contributed by atoms with Crippen molar-refractivity contribution >= 4 is 16.7 Å². The minimum absolute atomic E-state index is 0.0395. The molecule has 0 radical (unpaired) electrons. The number of rotatable bonds is 1. The third-order valence-electron chi connectivity index (χ3n) is 3.85. The van der Waals surface area contributed by atoms with Crippen molar-refractivity contribution in [2.45, 2.75) is 44.6 Å². The van der Waals surface area contributed by atoms with E-state index in [-0.39, 0.29) is 6.04 Å². The van der Waals surface area contributed by atoms with Gasteiger partial charge < -0.3 is 5.21 Å². The van der Waals surface area contributed by atoms with Gasteiger partial charge in [0.2, 0.25) is 0 Å². The molecule has 100 valence electrons. The molecule has 0 amide bonds. The van der Waals surface area contributed by atoms with Gasteiger partial charge in [-0.25, -0.2) is 4.68 Å². The molecule has 0 aliphatic heterocycles. The van der Waals surface area contributed by atoms with Crippen molar-refractivity contribution in [2.75, 3.05) is 0 Å². The van der Waals surface area contributed by atoms with Crippen LogP contribution in [-0.2, 0) is 0 Å². The van der Waals surface area contributed by atoms with Gasteiger partial charge in [0.1, 0.15) is 5.52 Å². The van der Waals surface area contributed by atoms with Crippen LogP contribution in [0.3, 0.4) is 0 Å². The maximum Gasteiger partial charge on any atom is 0.113 e. The SMILES string of the molecule is O/N=C1\CCCCCCC1n1nnc2ccccc21. The van der Waals surface area contributed by atoms with Crippen LogP contribution in [0, 0.1) is 0 Å². The molecule has 0 bridgehead atoms. The molecule has 1 aliphatic carbocycles. The largest absolute Gasteiger partial charge is 0.411 e. The van der Waals surface area contributed by atoms with Gasteiger partial charge in [0, 0.05) is 0 Å². The van der Waals surface area contributed by atoms with Crippen molar-refractivity contribution in [3.63, 3.8) is 0 Å². The first-order valence-electron chi connectivity index (χ1n) is 6.91. The van der Waals surface area contributed by atoms with Crippen LogP contribution in [0.25, 0.3) is 11.0 Å². The highest BCUT2D eigenvalue weighted by atomic mass is 16.4. The molecule has 1 heterocycles. The van der Waals surface area contributed by atoms with E-state index >= 15 is 0 Å². The van der Waals surface area contributed by atoms with Gasteiger partial charge >= 0.3 is 0 Å². The predicted octanol–water partition coefficient (Wildman–Crippen LogP) is 3.16. The first kappa shape index (κ1) is 12.1. The number of hydrogen-bond donors (Lipinski definition) is 1. The average molecular weight is 258 g/mol. The summed E-state index contributed by atoms with van der Waals surface area (Å²) in [6.45, 7) is 0. The lowest BCUT2D eigenvalue weighted by Gasteiger charge is -2.21. The molecule has 1 aromatic heterocycles. The maximum atomic E-state index is 9.28. The molecule has 1 aliphatic rings. The van der Waals surface area contributed by atoms with Crippen molar-refractivity contribution in [2.24, 2.45) is 5.16 Å². The van der Waals surface area contributed by atoms with Gasteiger partial charge in [-0.05, 0) is 31.4 Å². The topological polar surface area (TPSA) is 63.3 Å². The maximum absolute atomic E-state index is 9.28. The van der Waals surface area contributed by atoms with Crippen LogP contribution in [-0.4, -0.2) is 25.9 Å². The van der Waals surface area contributed by atoms with Gasteiger partial charge in [-0.15, -0.1) is 5.10 Å². The van der Waals surface area contributed by atoms with Gasteiger partial charge in [0.15, 0.2) is 0 Å². The van der Waals surface area contributed by atoms with E-state index in [2.05, 4.69) is 15.5 Å². The standard InChI is InChI=1S/C14H18N4O/c19-16-12-8-3-1-2-4-9-14(12)18-13-10-6-5-7-11(13)15-17-18/h5-7,10,14,19H,1-4,8-9H2/b16-12+. The van der Waals surface area contributed by atoms with E-state index in [0.29, 0.717) is 0 Å². The highest BCUT2D eigenvalue weighted by Crippen LogP contribution is 2.26. The van der Waals surface area contributed by atoms with Gasteiger partial charge in [-0.1, -0.05) is 41.8 Å². The fraction of sp³-hybridized carbons (Fsp3) is 0.500. The Balaban J connectivity index is 2.01. The van der Waals surface area contributed by atoms with Crippen molar-refractivity contribution in [1.29, 1.82) is 0 Å². The van der Waals surface area contributed by atoms with Gasteiger partial charge in [-0.3, -0.25) is 0 Å². The Morgan fingerprint density at radius 1 is 1.16 bits per heavy atom. The van der Waals surface area contributed by atoms with Crippen molar-refractivity contribution in [1.82, 2.24) is 15.0 Å². The molecule has 0 saturated heterocycles. The quantitative estimate of drug-likeness (QED) is 0.631. The zero-order valence-electron chi connectivity index (χ0n) is 10.9. The molecule has 3 rings (SSSR count). The Morgan fingerprint density at radius 2 is 2.00 bits per heavy atom. The number of oxime groups is 1. The summed E-state index contributed by atoms with van der Waals surface area (Å²) in [5, 5.41) is 21.3. The lowest BCUT2D eigenvalue weighted by Crippen LogP contribution is -2.22. The van der Waals surface area contributed by atoms with Crippen LogP contribution in [0.2, 0.25) is 0 Å². The number of benzene rings is 1. The van der Waals surface area contributed by atoms with E-state index in [1.807, 2.05) is 28.9 Å². The molecule has 5 heteroatoms. The zero-order valence-corrected chi connectivity index (χ0v) is 10.9. The lowest BCUT2D eigenvalue weighted by atomic mass is 9.95. The number of nitrogens with zero attached hydrogens (tertiary/aromatic N) is 4. The predicted molar refractivity (Wildman–Crippen MR) is 73.5 cm³/mol. The van der Waals surface area contributed by atoms with E-state index in [0.717, 1.165) is 42.4 Å². The van der Waals surface area contributed by atoms with Crippen molar-refractivity contribution in [3.05, 3.63) is 24.3 Å². The molecule has 1 saturated carbocycles. The Labute approximate surface area is 111 Å². The Morgan fingerprint density at radius 3 is 2.89 bits per heavy atom. The second kappa shape index (κ2) is 5.38. The van der Waals surface area contributed by atoms with Crippen LogP contribution in [0.15, 0.2) is 29.4 Å². The normalized spacial score (nSPS) is 23.4. The summed E-state index contributed by atoms with van der Waals surface area (Å²) >= 11 is 0. The summed E-state index contributed by atoms with van der Waals surface area (Å²) in [6, 6.07) is 7.96. The van der Waals surface area contributed by atoms with E-state index < -0.39 is 0 Å². The molecule has 19 heavy (non-hydrogen) atoms. The monoisotopic (exact) mass is 258 g/mol. The smallest absolute Gasteiger partial charge is 0.113 e.